The van der Waals surface area contributed by atoms with E-state index >= 15 is 0 Å². The predicted octanol–water partition coefficient (Wildman–Crippen LogP) is 0.483. The summed E-state index contributed by atoms with van der Waals surface area (Å²) in [7, 11) is 0. The van der Waals surface area contributed by atoms with E-state index < -0.39 is 0 Å². The molecule has 0 aliphatic carbocycles. The molecule has 7 nitrogen and oxygen atoms in total. The second-order valence-corrected chi connectivity index (χ2v) is 4.05. The molecule has 0 radical (unpaired) electrons. The molecule has 1 unspecified atom stereocenters. The molecule has 0 amide bonds. The van der Waals surface area contributed by atoms with Crippen LogP contribution in [0.5, 0.6) is 0 Å². The maximum Gasteiger partial charge on any atom is 0.231 e. The first kappa shape index (κ1) is 14.4. The topological polar surface area (TPSA) is 100 Å². The lowest BCUT2D eigenvalue weighted by Crippen LogP contribution is -2.26. The Hall–Kier alpha value is -1.63. The van der Waals surface area contributed by atoms with Crippen LogP contribution in [0.3, 0.4) is 0 Å². The van der Waals surface area contributed by atoms with E-state index in [0.29, 0.717) is 18.3 Å². The summed E-state index contributed by atoms with van der Waals surface area (Å²) >= 11 is 0. The minimum atomic E-state index is 0.0846. The molecule has 0 aromatic carbocycles. The summed E-state index contributed by atoms with van der Waals surface area (Å²) < 4.78 is 0. The van der Waals surface area contributed by atoms with Gasteiger partial charge in [-0.05, 0) is 27.2 Å². The highest BCUT2D eigenvalue weighted by atomic mass is 16.3. The first-order valence-electron chi connectivity index (χ1n) is 6.24. The van der Waals surface area contributed by atoms with Crippen molar-refractivity contribution in [3.8, 4) is 0 Å². The first-order chi connectivity index (χ1) is 8.60. The Morgan fingerprint density at radius 2 is 1.94 bits per heavy atom. The smallest absolute Gasteiger partial charge is 0.231 e. The molecule has 1 aromatic heterocycles. The lowest BCUT2D eigenvalue weighted by atomic mass is 10.2. The van der Waals surface area contributed by atoms with Crippen molar-refractivity contribution in [2.75, 3.05) is 35.6 Å². The quantitative estimate of drug-likeness (QED) is 0.650. The summed E-state index contributed by atoms with van der Waals surface area (Å²) in [6.45, 7) is 7.76. The zero-order valence-corrected chi connectivity index (χ0v) is 11.2. The second-order valence-electron chi connectivity index (χ2n) is 4.05. The number of nitrogens with zero attached hydrogens (tertiary/aromatic N) is 4. The van der Waals surface area contributed by atoms with Crippen LogP contribution in [0, 0.1) is 0 Å². The maximum atomic E-state index is 8.86. The summed E-state index contributed by atoms with van der Waals surface area (Å²) in [4.78, 5) is 14.5. The Kier molecular flexibility index (Phi) is 5.57. The average Bonchev–Trinajstić information content (AvgIpc) is 2.30. The number of aromatic nitrogens is 3. The van der Waals surface area contributed by atoms with Gasteiger partial charge in [-0.15, -0.1) is 0 Å². The van der Waals surface area contributed by atoms with E-state index in [1.54, 1.807) is 0 Å². The van der Waals surface area contributed by atoms with Crippen molar-refractivity contribution in [1.29, 1.82) is 0 Å². The van der Waals surface area contributed by atoms with Crippen molar-refractivity contribution in [3.63, 3.8) is 0 Å². The van der Waals surface area contributed by atoms with Gasteiger partial charge in [0.2, 0.25) is 17.8 Å². The van der Waals surface area contributed by atoms with Crippen molar-refractivity contribution in [2.24, 2.45) is 0 Å². The van der Waals surface area contributed by atoms with E-state index in [4.69, 9.17) is 10.8 Å². The van der Waals surface area contributed by atoms with Crippen molar-refractivity contribution in [2.45, 2.75) is 33.2 Å². The highest BCUT2D eigenvalue weighted by Gasteiger charge is 2.11. The Labute approximate surface area is 107 Å². The van der Waals surface area contributed by atoms with Crippen LogP contribution in [0.25, 0.3) is 0 Å². The first-order valence-corrected chi connectivity index (χ1v) is 6.24. The molecule has 102 valence electrons. The molecule has 4 N–H and O–H groups in total. The summed E-state index contributed by atoms with van der Waals surface area (Å²) in [5, 5.41) is 12.0. The maximum absolute atomic E-state index is 8.86. The SMILES string of the molecule is CCN(CC)c1nc(N)nc(NC(C)CCO)n1. The fourth-order valence-corrected chi connectivity index (χ4v) is 1.58. The summed E-state index contributed by atoms with van der Waals surface area (Å²) in [6, 6.07) is 0.0846. The van der Waals surface area contributed by atoms with Crippen molar-refractivity contribution < 1.29 is 5.11 Å². The Morgan fingerprint density at radius 3 is 2.50 bits per heavy atom. The lowest BCUT2D eigenvalue weighted by molar-refractivity contribution is 0.282. The van der Waals surface area contributed by atoms with Gasteiger partial charge in [0.15, 0.2) is 0 Å². The number of nitrogens with one attached hydrogen (secondary N) is 1. The number of rotatable bonds is 7. The number of hydrogen-bond acceptors (Lipinski definition) is 7. The van der Waals surface area contributed by atoms with E-state index in [1.807, 2.05) is 25.7 Å². The van der Waals surface area contributed by atoms with Crippen LogP contribution >= 0.6 is 0 Å². The molecule has 0 bridgehead atoms. The van der Waals surface area contributed by atoms with Crippen molar-refractivity contribution in [3.05, 3.63) is 0 Å². The van der Waals surface area contributed by atoms with Gasteiger partial charge in [-0.25, -0.2) is 0 Å². The van der Waals surface area contributed by atoms with Gasteiger partial charge in [0, 0.05) is 25.7 Å². The number of nitrogen functional groups attached to an aromatic ring is 1. The van der Waals surface area contributed by atoms with E-state index in [0.717, 1.165) is 13.1 Å². The zero-order chi connectivity index (χ0) is 13.5. The number of aliphatic hydroxyl groups is 1. The Bertz CT molecular complexity index is 369. The highest BCUT2D eigenvalue weighted by molar-refractivity contribution is 5.42. The van der Waals surface area contributed by atoms with Crippen LogP contribution in [0.4, 0.5) is 17.8 Å². The van der Waals surface area contributed by atoms with Gasteiger partial charge in [0.25, 0.3) is 0 Å². The molecule has 0 saturated carbocycles. The molecule has 7 heteroatoms. The molecular weight excluding hydrogens is 232 g/mol. The fraction of sp³-hybridized carbons (Fsp3) is 0.727. The third-order valence-electron chi connectivity index (χ3n) is 2.62. The number of nitrogens with two attached hydrogens (primary N) is 1. The molecule has 0 saturated heterocycles. The van der Waals surface area contributed by atoms with Crippen molar-refractivity contribution >= 4 is 17.8 Å². The summed E-state index contributed by atoms with van der Waals surface area (Å²) in [5.41, 5.74) is 5.68. The van der Waals surface area contributed by atoms with Crippen LogP contribution in [0.15, 0.2) is 0 Å². The number of hydrogen-bond donors (Lipinski definition) is 3. The van der Waals surface area contributed by atoms with E-state index in [9.17, 15) is 0 Å². The highest BCUT2D eigenvalue weighted by Crippen LogP contribution is 2.12. The van der Waals surface area contributed by atoms with Gasteiger partial charge in [-0.2, -0.15) is 15.0 Å². The molecule has 0 spiro atoms. The molecule has 18 heavy (non-hydrogen) atoms. The van der Waals surface area contributed by atoms with Crippen LogP contribution in [0.1, 0.15) is 27.2 Å². The average molecular weight is 254 g/mol. The van der Waals surface area contributed by atoms with E-state index in [2.05, 4.69) is 20.3 Å². The molecular formula is C11H22N6O. The standard InChI is InChI=1S/C11H22N6O/c1-4-17(5-2)11-15-9(12)14-10(16-11)13-8(3)6-7-18/h8,18H,4-7H2,1-3H3,(H3,12,13,14,15,16). The number of aliphatic hydroxyl groups excluding tert-OH is 1. The van der Waals surface area contributed by atoms with Crippen LogP contribution < -0.4 is 16.0 Å². The van der Waals surface area contributed by atoms with Crippen LogP contribution in [0.2, 0.25) is 0 Å². The lowest BCUT2D eigenvalue weighted by Gasteiger charge is -2.20. The van der Waals surface area contributed by atoms with E-state index in [1.165, 1.54) is 0 Å². The van der Waals surface area contributed by atoms with Crippen LogP contribution in [-0.2, 0) is 0 Å². The van der Waals surface area contributed by atoms with Gasteiger partial charge < -0.3 is 21.1 Å². The number of anilines is 3. The second kappa shape index (κ2) is 6.95. The largest absolute Gasteiger partial charge is 0.396 e. The molecule has 1 atom stereocenters. The van der Waals surface area contributed by atoms with Crippen LogP contribution in [-0.4, -0.2) is 45.8 Å². The minimum absolute atomic E-state index is 0.0846. The van der Waals surface area contributed by atoms with Gasteiger partial charge in [-0.1, -0.05) is 0 Å². The van der Waals surface area contributed by atoms with Gasteiger partial charge in [0.05, 0.1) is 0 Å². The van der Waals surface area contributed by atoms with Gasteiger partial charge >= 0.3 is 0 Å². The summed E-state index contributed by atoms with van der Waals surface area (Å²) in [5.74, 6) is 1.22. The molecule has 0 aliphatic heterocycles. The van der Waals surface area contributed by atoms with Gasteiger partial charge in [0.1, 0.15) is 0 Å². The molecule has 1 heterocycles. The molecule has 1 aromatic rings. The van der Waals surface area contributed by atoms with Crippen molar-refractivity contribution in [1.82, 2.24) is 15.0 Å². The summed E-state index contributed by atoms with van der Waals surface area (Å²) in [6.07, 6.45) is 0.631. The zero-order valence-electron chi connectivity index (χ0n) is 11.2. The molecule has 0 fully saturated rings. The third-order valence-corrected chi connectivity index (χ3v) is 2.62. The predicted molar refractivity (Wildman–Crippen MR) is 72.6 cm³/mol. The Balaban J connectivity index is 2.86. The third kappa shape index (κ3) is 3.99. The molecule has 1 rings (SSSR count). The fourth-order valence-electron chi connectivity index (χ4n) is 1.58. The monoisotopic (exact) mass is 254 g/mol. The Morgan fingerprint density at radius 1 is 1.28 bits per heavy atom. The normalized spacial score (nSPS) is 12.2. The van der Waals surface area contributed by atoms with Gasteiger partial charge in [-0.3, -0.25) is 0 Å². The minimum Gasteiger partial charge on any atom is -0.396 e. The molecule has 0 aliphatic rings. The van der Waals surface area contributed by atoms with E-state index in [-0.39, 0.29) is 18.6 Å².